The van der Waals surface area contributed by atoms with E-state index < -0.39 is 4.92 Å². The molecule has 1 heterocycles. The third kappa shape index (κ3) is 4.65. The van der Waals surface area contributed by atoms with Gasteiger partial charge in [0.25, 0.3) is 5.69 Å². The van der Waals surface area contributed by atoms with Crippen molar-refractivity contribution < 1.29 is 14.8 Å². The highest BCUT2D eigenvalue weighted by Crippen LogP contribution is 2.38. The molecule has 2 atom stereocenters. The van der Waals surface area contributed by atoms with E-state index >= 15 is 0 Å². The van der Waals surface area contributed by atoms with Crippen molar-refractivity contribution in [1.29, 1.82) is 0 Å². The predicted octanol–water partition coefficient (Wildman–Crippen LogP) is 4.72. The second-order valence-electron chi connectivity index (χ2n) is 7.57. The SMILES string of the molecule is COCc1cc(CO)cc(C2=N[C@@H](c3ccc(Cl)cc3)[C@@H](c3ccc([N+](=O)[O-])cc3)N2)c1. The zero-order valence-corrected chi connectivity index (χ0v) is 18.1. The lowest BCUT2D eigenvalue weighted by Gasteiger charge is -2.20. The van der Waals surface area contributed by atoms with Crippen molar-refractivity contribution >= 4 is 23.1 Å². The minimum Gasteiger partial charge on any atom is -0.392 e. The van der Waals surface area contributed by atoms with Crippen LogP contribution in [0.2, 0.25) is 5.02 Å². The van der Waals surface area contributed by atoms with Crippen LogP contribution in [0.5, 0.6) is 0 Å². The van der Waals surface area contributed by atoms with Gasteiger partial charge in [-0.25, -0.2) is 0 Å². The molecule has 0 unspecified atom stereocenters. The number of nitrogens with zero attached hydrogens (tertiary/aromatic N) is 2. The zero-order valence-electron chi connectivity index (χ0n) is 17.4. The van der Waals surface area contributed by atoms with Crippen LogP contribution < -0.4 is 5.32 Å². The maximum absolute atomic E-state index is 11.1. The third-order valence-electron chi connectivity index (χ3n) is 5.37. The minimum absolute atomic E-state index is 0.0378. The summed E-state index contributed by atoms with van der Waals surface area (Å²) in [6.07, 6.45) is 0. The highest BCUT2D eigenvalue weighted by atomic mass is 35.5. The van der Waals surface area contributed by atoms with E-state index in [2.05, 4.69) is 5.32 Å². The van der Waals surface area contributed by atoms with E-state index in [-0.39, 0.29) is 24.4 Å². The zero-order chi connectivity index (χ0) is 22.7. The predicted molar refractivity (Wildman–Crippen MR) is 123 cm³/mol. The second-order valence-corrected chi connectivity index (χ2v) is 8.01. The fourth-order valence-corrected chi connectivity index (χ4v) is 4.00. The summed E-state index contributed by atoms with van der Waals surface area (Å²) in [6, 6.07) is 19.3. The molecule has 2 N–H and O–H groups in total. The average molecular weight is 452 g/mol. The van der Waals surface area contributed by atoms with E-state index in [1.807, 2.05) is 42.5 Å². The van der Waals surface area contributed by atoms with Crippen LogP contribution in [0.15, 0.2) is 71.7 Å². The van der Waals surface area contributed by atoms with Gasteiger partial charge in [0, 0.05) is 29.8 Å². The van der Waals surface area contributed by atoms with E-state index in [1.165, 1.54) is 12.1 Å². The first-order valence-electron chi connectivity index (χ1n) is 10.1. The summed E-state index contributed by atoms with van der Waals surface area (Å²) in [7, 11) is 1.62. The number of hydrogen-bond donors (Lipinski definition) is 2. The molecular weight excluding hydrogens is 430 g/mol. The molecule has 7 nitrogen and oxygen atoms in total. The Balaban J connectivity index is 1.74. The number of rotatable bonds is 7. The first-order valence-corrected chi connectivity index (χ1v) is 10.4. The van der Waals surface area contributed by atoms with Gasteiger partial charge in [-0.1, -0.05) is 41.9 Å². The van der Waals surface area contributed by atoms with Crippen LogP contribution in [0.4, 0.5) is 5.69 Å². The fourth-order valence-electron chi connectivity index (χ4n) is 3.87. The Hall–Kier alpha value is -3.26. The highest BCUT2D eigenvalue weighted by molar-refractivity contribution is 6.30. The number of aliphatic imine (C=N–C) groups is 1. The molecule has 3 aromatic rings. The summed E-state index contributed by atoms with van der Waals surface area (Å²) >= 11 is 6.07. The van der Waals surface area contributed by atoms with Crippen LogP contribution in [-0.4, -0.2) is 23.0 Å². The molecular formula is C24H22ClN3O4. The third-order valence-corrected chi connectivity index (χ3v) is 5.62. The number of amidine groups is 1. The molecule has 0 saturated carbocycles. The second kappa shape index (κ2) is 9.48. The number of nitro groups is 1. The standard InChI is InChI=1S/C24H22ClN3O4/c1-32-14-16-10-15(13-29)11-19(12-16)24-26-22(17-2-6-20(25)7-3-17)23(27-24)18-4-8-21(9-5-18)28(30)31/h2-12,22-23,29H,13-14H2,1H3,(H,26,27)/t22-,23+/m0/s1. The molecule has 164 valence electrons. The van der Waals surface area contributed by atoms with Crippen molar-refractivity contribution in [2.75, 3.05) is 7.11 Å². The number of aliphatic hydroxyl groups excluding tert-OH is 1. The molecule has 0 spiro atoms. The minimum atomic E-state index is -0.415. The van der Waals surface area contributed by atoms with Gasteiger partial charge < -0.3 is 15.2 Å². The molecule has 1 aliphatic heterocycles. The number of nitrogens with one attached hydrogen (secondary N) is 1. The summed E-state index contributed by atoms with van der Waals surface area (Å²) < 4.78 is 5.26. The van der Waals surface area contributed by atoms with Crippen molar-refractivity contribution in [3.05, 3.63) is 110 Å². The topological polar surface area (TPSA) is 97.0 Å². The fraction of sp³-hybridized carbons (Fsp3) is 0.208. The highest BCUT2D eigenvalue weighted by Gasteiger charge is 2.32. The number of halogens is 1. The molecule has 32 heavy (non-hydrogen) atoms. The van der Waals surface area contributed by atoms with Crippen molar-refractivity contribution in [2.45, 2.75) is 25.3 Å². The van der Waals surface area contributed by atoms with Crippen molar-refractivity contribution in [3.63, 3.8) is 0 Å². The van der Waals surface area contributed by atoms with Crippen molar-refractivity contribution in [2.24, 2.45) is 4.99 Å². The molecule has 0 aliphatic carbocycles. The lowest BCUT2D eigenvalue weighted by molar-refractivity contribution is -0.384. The van der Waals surface area contributed by atoms with Gasteiger partial charge in [0.1, 0.15) is 11.9 Å². The Labute approximate surface area is 190 Å². The number of aliphatic hydroxyl groups is 1. The Morgan fingerprint density at radius 2 is 1.72 bits per heavy atom. The number of non-ortho nitro benzene ring substituents is 1. The van der Waals surface area contributed by atoms with Crippen LogP contribution in [-0.2, 0) is 18.0 Å². The van der Waals surface area contributed by atoms with E-state index in [0.717, 1.165) is 27.8 Å². The number of methoxy groups -OCH3 is 1. The number of ether oxygens (including phenoxy) is 1. The first-order chi connectivity index (χ1) is 15.5. The smallest absolute Gasteiger partial charge is 0.269 e. The van der Waals surface area contributed by atoms with Gasteiger partial charge in [0.2, 0.25) is 0 Å². The molecule has 1 aliphatic rings. The number of nitro benzene ring substituents is 1. The molecule has 8 heteroatoms. The molecule has 0 aromatic heterocycles. The van der Waals surface area contributed by atoms with E-state index in [1.54, 1.807) is 19.2 Å². The molecule has 0 bridgehead atoms. The summed E-state index contributed by atoms with van der Waals surface area (Å²) in [5.41, 5.74) is 4.42. The van der Waals surface area contributed by atoms with Crippen LogP contribution in [0, 0.1) is 10.1 Å². The Kier molecular flexibility index (Phi) is 6.50. The average Bonchev–Trinajstić information content (AvgIpc) is 3.25. The molecule has 0 radical (unpaired) electrons. The molecule has 0 fully saturated rings. The quantitative estimate of drug-likeness (QED) is 0.400. The Bertz CT molecular complexity index is 1150. The lowest BCUT2D eigenvalue weighted by Crippen LogP contribution is -2.25. The maximum Gasteiger partial charge on any atom is 0.269 e. The van der Waals surface area contributed by atoms with E-state index in [9.17, 15) is 15.2 Å². The maximum atomic E-state index is 11.1. The van der Waals surface area contributed by atoms with Crippen molar-refractivity contribution in [3.8, 4) is 0 Å². The van der Waals surface area contributed by atoms with Crippen LogP contribution in [0.1, 0.15) is 39.9 Å². The van der Waals surface area contributed by atoms with E-state index in [0.29, 0.717) is 17.5 Å². The molecule has 0 amide bonds. The van der Waals surface area contributed by atoms with Gasteiger partial charge in [-0.05, 0) is 46.5 Å². The molecule has 0 saturated heterocycles. The van der Waals surface area contributed by atoms with E-state index in [4.69, 9.17) is 21.3 Å². The normalized spacial score (nSPS) is 17.7. The largest absolute Gasteiger partial charge is 0.392 e. The Morgan fingerprint density at radius 3 is 2.34 bits per heavy atom. The van der Waals surface area contributed by atoms with Crippen LogP contribution in [0.25, 0.3) is 0 Å². The van der Waals surface area contributed by atoms with Crippen LogP contribution in [0.3, 0.4) is 0 Å². The van der Waals surface area contributed by atoms with Gasteiger partial charge in [-0.3, -0.25) is 15.1 Å². The molecule has 4 rings (SSSR count). The van der Waals surface area contributed by atoms with Crippen molar-refractivity contribution in [1.82, 2.24) is 5.32 Å². The summed E-state index contributed by atoms with van der Waals surface area (Å²) in [5.74, 6) is 0.681. The monoisotopic (exact) mass is 451 g/mol. The van der Waals surface area contributed by atoms with Crippen LogP contribution >= 0.6 is 11.6 Å². The summed E-state index contributed by atoms with van der Waals surface area (Å²) in [6.45, 7) is 0.324. The van der Waals surface area contributed by atoms with Gasteiger partial charge in [0.05, 0.1) is 24.2 Å². The summed E-state index contributed by atoms with van der Waals surface area (Å²) in [5, 5.41) is 24.9. The lowest BCUT2D eigenvalue weighted by atomic mass is 9.94. The molecule has 3 aromatic carbocycles. The van der Waals surface area contributed by atoms with Gasteiger partial charge in [0.15, 0.2) is 0 Å². The number of hydrogen-bond acceptors (Lipinski definition) is 6. The Morgan fingerprint density at radius 1 is 1.06 bits per heavy atom. The summed E-state index contributed by atoms with van der Waals surface area (Å²) in [4.78, 5) is 15.6. The van der Waals surface area contributed by atoms with Gasteiger partial charge in [-0.2, -0.15) is 0 Å². The van der Waals surface area contributed by atoms with Gasteiger partial charge >= 0.3 is 0 Å². The number of benzene rings is 3. The first kappa shape index (κ1) is 22.0. The van der Waals surface area contributed by atoms with Gasteiger partial charge in [-0.15, -0.1) is 0 Å².